The van der Waals surface area contributed by atoms with Crippen LogP contribution in [0.15, 0.2) is 24.3 Å². The highest BCUT2D eigenvalue weighted by Crippen LogP contribution is 2.67. The molecule has 4 saturated carbocycles. The van der Waals surface area contributed by atoms with Crippen LogP contribution in [-0.4, -0.2) is 37.7 Å². The standard InChI is InChI=1S/C23H41NS.C8H5F3O2.C2H6.CH4O/c1-22-14-5-4-7-17(22)9-11-19-20-12-10-18(8-6-16-25-24-3)23(20,2)15-13-21(19)22;9-8(10,11)13-7-3-1-6(5-12)2-4-7;2*1-2/h17-21,24H,4-16H2,1-3H3;1-5H;1-2H3;2H,1H3. The maximum absolute atomic E-state index is 11.6. The van der Waals surface area contributed by atoms with Gasteiger partial charge in [-0.2, -0.15) is 0 Å². The van der Waals surface area contributed by atoms with Crippen molar-refractivity contribution in [3.05, 3.63) is 29.8 Å². The molecule has 2 N–H and O–H groups in total. The van der Waals surface area contributed by atoms with Gasteiger partial charge in [-0.05, 0) is 136 Å². The molecule has 4 nitrogen and oxygen atoms in total. The summed E-state index contributed by atoms with van der Waals surface area (Å²) in [5, 5.41) is 7.00. The van der Waals surface area contributed by atoms with Crippen LogP contribution in [0.25, 0.3) is 0 Å². The van der Waals surface area contributed by atoms with Crippen LogP contribution in [0.3, 0.4) is 0 Å². The maximum Gasteiger partial charge on any atom is 0.573 e. The number of alkyl halides is 3. The molecule has 4 fully saturated rings. The first-order valence-corrected chi connectivity index (χ1v) is 17.1. The van der Waals surface area contributed by atoms with Crippen LogP contribution in [0.1, 0.15) is 115 Å². The van der Waals surface area contributed by atoms with Gasteiger partial charge in [-0.3, -0.25) is 9.52 Å². The molecule has 0 saturated heterocycles. The van der Waals surface area contributed by atoms with Crippen molar-refractivity contribution in [1.29, 1.82) is 0 Å². The molecule has 7 atom stereocenters. The van der Waals surface area contributed by atoms with Gasteiger partial charge in [-0.15, -0.1) is 13.2 Å². The number of benzene rings is 1. The van der Waals surface area contributed by atoms with Gasteiger partial charge >= 0.3 is 6.36 Å². The van der Waals surface area contributed by atoms with Gasteiger partial charge in [0.25, 0.3) is 0 Å². The number of carbonyl (C=O) groups excluding carboxylic acids is 1. The van der Waals surface area contributed by atoms with Gasteiger partial charge in [0.2, 0.25) is 0 Å². The summed E-state index contributed by atoms with van der Waals surface area (Å²) < 4.78 is 41.7. The summed E-state index contributed by atoms with van der Waals surface area (Å²) in [6.07, 6.45) is 14.2. The number of fused-ring (bicyclic) bond motifs is 5. The molecule has 5 rings (SSSR count). The molecular formula is C34H56F3NO3S. The van der Waals surface area contributed by atoms with Gasteiger partial charge in [0.15, 0.2) is 0 Å². The summed E-state index contributed by atoms with van der Waals surface area (Å²) in [6, 6.07) is 4.65. The van der Waals surface area contributed by atoms with Crippen LogP contribution in [-0.2, 0) is 0 Å². The lowest BCUT2D eigenvalue weighted by molar-refractivity contribution is -0.274. The van der Waals surface area contributed by atoms with Crippen molar-refractivity contribution in [1.82, 2.24) is 4.72 Å². The quantitative estimate of drug-likeness (QED) is 0.182. The molecule has 0 aliphatic heterocycles. The van der Waals surface area contributed by atoms with Crippen LogP contribution < -0.4 is 9.46 Å². The van der Waals surface area contributed by atoms with Crippen molar-refractivity contribution in [3.8, 4) is 5.75 Å². The zero-order valence-corrected chi connectivity index (χ0v) is 27.6. The minimum absolute atomic E-state index is 0.300. The second-order valence-corrected chi connectivity index (χ2v) is 13.8. The summed E-state index contributed by atoms with van der Waals surface area (Å²) in [7, 11) is 3.06. The van der Waals surface area contributed by atoms with E-state index in [-0.39, 0.29) is 5.75 Å². The summed E-state index contributed by atoms with van der Waals surface area (Å²) in [5.74, 6) is 6.26. The number of ether oxygens (including phenoxy) is 1. The number of rotatable bonds is 7. The largest absolute Gasteiger partial charge is 0.573 e. The minimum Gasteiger partial charge on any atom is -0.406 e. The van der Waals surface area contributed by atoms with Crippen molar-refractivity contribution >= 4 is 18.2 Å². The van der Waals surface area contributed by atoms with Gasteiger partial charge in [0, 0.05) is 18.4 Å². The van der Waals surface area contributed by atoms with Gasteiger partial charge in [0.1, 0.15) is 12.0 Å². The highest BCUT2D eigenvalue weighted by atomic mass is 32.2. The van der Waals surface area contributed by atoms with Crippen molar-refractivity contribution in [2.45, 2.75) is 111 Å². The van der Waals surface area contributed by atoms with Crippen LogP contribution >= 0.6 is 11.9 Å². The van der Waals surface area contributed by atoms with Crippen molar-refractivity contribution in [2.75, 3.05) is 19.9 Å². The number of aliphatic hydroxyl groups is 1. The molecule has 242 valence electrons. The van der Waals surface area contributed by atoms with E-state index < -0.39 is 6.36 Å². The van der Waals surface area contributed by atoms with Crippen LogP contribution in [0.4, 0.5) is 13.2 Å². The first-order valence-electron chi connectivity index (χ1n) is 16.1. The molecule has 1 aromatic carbocycles. The van der Waals surface area contributed by atoms with Crippen molar-refractivity contribution < 1.29 is 27.8 Å². The Morgan fingerprint density at radius 3 is 2.24 bits per heavy atom. The summed E-state index contributed by atoms with van der Waals surface area (Å²) >= 11 is 1.90. The van der Waals surface area contributed by atoms with Gasteiger partial charge < -0.3 is 9.84 Å². The Kier molecular flexibility index (Phi) is 15.2. The first kappa shape index (κ1) is 36.9. The highest BCUT2D eigenvalue weighted by Gasteiger charge is 2.59. The van der Waals surface area contributed by atoms with E-state index in [1.807, 2.05) is 25.8 Å². The zero-order chi connectivity index (χ0) is 31.4. The molecular weight excluding hydrogens is 559 g/mol. The monoisotopic (exact) mass is 615 g/mol. The lowest BCUT2D eigenvalue weighted by Gasteiger charge is -2.60. The van der Waals surface area contributed by atoms with E-state index in [0.717, 1.165) is 48.8 Å². The number of hydrogen-bond acceptors (Lipinski definition) is 5. The fourth-order valence-corrected chi connectivity index (χ4v) is 9.65. The predicted molar refractivity (Wildman–Crippen MR) is 169 cm³/mol. The van der Waals surface area contributed by atoms with E-state index in [1.54, 1.807) is 44.9 Å². The van der Waals surface area contributed by atoms with E-state index in [0.29, 0.717) is 22.7 Å². The second-order valence-electron chi connectivity index (χ2n) is 12.7. The number of halogens is 3. The molecule has 7 unspecified atom stereocenters. The summed E-state index contributed by atoms with van der Waals surface area (Å²) in [6.45, 7) is 9.43. The van der Waals surface area contributed by atoms with Crippen molar-refractivity contribution in [2.24, 2.45) is 40.4 Å². The summed E-state index contributed by atoms with van der Waals surface area (Å²) in [4.78, 5) is 10.1. The van der Waals surface area contributed by atoms with E-state index in [2.05, 4.69) is 30.4 Å². The minimum atomic E-state index is -4.69. The van der Waals surface area contributed by atoms with E-state index in [4.69, 9.17) is 5.11 Å². The first-order chi connectivity index (χ1) is 20.1. The predicted octanol–water partition coefficient (Wildman–Crippen LogP) is 9.72. The molecule has 4 aliphatic carbocycles. The SMILES string of the molecule is CC.CNSCCCC1CCC2C3CCC4CCCCC4(C)C3CCC12C.CO.O=Cc1ccc(OC(F)(F)F)cc1. The number of carbonyl (C=O) groups is 1. The third kappa shape index (κ3) is 9.13. The Morgan fingerprint density at radius 1 is 0.952 bits per heavy atom. The van der Waals surface area contributed by atoms with Gasteiger partial charge in [0.05, 0.1) is 0 Å². The molecule has 0 heterocycles. The average Bonchev–Trinajstić information content (AvgIpc) is 3.33. The Balaban J connectivity index is 0.000000307. The Morgan fingerprint density at radius 2 is 1.62 bits per heavy atom. The third-order valence-corrected chi connectivity index (χ3v) is 11.8. The van der Waals surface area contributed by atoms with Gasteiger partial charge in [-0.1, -0.05) is 52.5 Å². The fraction of sp³-hybridized carbons (Fsp3) is 0.794. The smallest absolute Gasteiger partial charge is 0.406 e. The normalized spacial score (nSPS) is 33.0. The van der Waals surface area contributed by atoms with Gasteiger partial charge in [-0.25, -0.2) is 0 Å². The van der Waals surface area contributed by atoms with Crippen LogP contribution in [0, 0.1) is 40.4 Å². The number of hydrogen-bond donors (Lipinski definition) is 2. The molecule has 0 spiro atoms. The second kappa shape index (κ2) is 17.3. The molecule has 1 aromatic rings. The Hall–Kier alpha value is -1.25. The topological polar surface area (TPSA) is 58.6 Å². The number of aldehydes is 1. The fourth-order valence-electron chi connectivity index (χ4n) is 9.13. The molecule has 4 aliphatic rings. The molecule has 8 heteroatoms. The maximum atomic E-state index is 11.6. The van der Waals surface area contributed by atoms with Crippen molar-refractivity contribution in [3.63, 3.8) is 0 Å². The third-order valence-electron chi connectivity index (χ3n) is 11.0. The lowest BCUT2D eigenvalue weighted by atomic mass is 9.45. The average molecular weight is 616 g/mol. The van der Waals surface area contributed by atoms with Crippen LogP contribution in [0.2, 0.25) is 0 Å². The molecule has 0 aromatic heterocycles. The van der Waals surface area contributed by atoms with E-state index in [9.17, 15) is 18.0 Å². The molecule has 0 radical (unpaired) electrons. The number of nitrogens with one attached hydrogen (secondary N) is 1. The highest BCUT2D eigenvalue weighted by molar-refractivity contribution is 7.97. The van der Waals surface area contributed by atoms with Crippen LogP contribution in [0.5, 0.6) is 5.75 Å². The zero-order valence-electron chi connectivity index (χ0n) is 26.8. The number of aliphatic hydroxyl groups excluding tert-OH is 1. The Bertz CT molecular complexity index is 914. The van der Waals surface area contributed by atoms with E-state index in [1.165, 1.54) is 50.0 Å². The lowest BCUT2D eigenvalue weighted by Crippen LogP contribution is -2.52. The molecule has 42 heavy (non-hydrogen) atoms. The molecule has 0 bridgehead atoms. The molecule has 0 amide bonds. The Labute approximate surface area is 257 Å². The van der Waals surface area contributed by atoms with E-state index >= 15 is 0 Å². The summed E-state index contributed by atoms with van der Waals surface area (Å²) in [5.41, 5.74) is 1.70.